The van der Waals surface area contributed by atoms with Crippen LogP contribution in [0.15, 0.2) is 94.7 Å². The van der Waals surface area contributed by atoms with Gasteiger partial charge in [0.25, 0.3) is 0 Å². The maximum Gasteiger partial charge on any atom is 0.190 e. The molecule has 4 heteroatoms. The summed E-state index contributed by atoms with van der Waals surface area (Å²) in [6, 6.07) is 29.9. The van der Waals surface area contributed by atoms with E-state index in [1.165, 1.54) is 174 Å². The van der Waals surface area contributed by atoms with Gasteiger partial charge < -0.3 is 0 Å². The number of rotatable bonds is 24. The minimum atomic E-state index is -0.0858. The zero-order valence-electron chi connectivity index (χ0n) is 37.8. The third-order valence-electron chi connectivity index (χ3n) is 12.2. The van der Waals surface area contributed by atoms with Crippen molar-refractivity contribution in [1.29, 1.82) is 0 Å². The van der Waals surface area contributed by atoms with Crippen LogP contribution >= 0.6 is 23.5 Å². The molecule has 0 unspecified atom stereocenters. The van der Waals surface area contributed by atoms with Gasteiger partial charge in [0.05, 0.1) is 0 Å². The highest BCUT2D eigenvalue weighted by atomic mass is 32.2. The highest BCUT2D eigenvalue weighted by Gasteiger charge is 2.42. The second kappa shape index (κ2) is 26.5. The first-order chi connectivity index (χ1) is 29.8. The molecule has 0 bridgehead atoms. The summed E-state index contributed by atoms with van der Waals surface area (Å²) >= 11 is 2.51. The minimum absolute atomic E-state index is 0.0858. The van der Waals surface area contributed by atoms with Crippen molar-refractivity contribution < 1.29 is 9.59 Å². The molecule has 0 aromatic heterocycles. The molecule has 1 aliphatic rings. The Morgan fingerprint density at radius 3 is 1.03 bits per heavy atom. The quantitative estimate of drug-likeness (QED) is 0.0400. The van der Waals surface area contributed by atoms with Crippen LogP contribution in [0.2, 0.25) is 0 Å². The van der Waals surface area contributed by atoms with Crippen molar-refractivity contribution in [1.82, 2.24) is 0 Å². The van der Waals surface area contributed by atoms with Crippen LogP contribution in [0.3, 0.4) is 0 Å². The SMILES string of the molecule is CCCCCCCCCCCCC1(CCCCCCCCCCCC)c2cc(C#Cc3ccc(SC(C)=O)cc3)ccc2-c2ccc(C#Cc3ccc(SC(C)=O)cc3)cc21. The Bertz CT molecular complexity index is 1950. The maximum atomic E-state index is 11.6. The monoisotopic (exact) mass is 850 g/mol. The van der Waals surface area contributed by atoms with E-state index in [2.05, 4.69) is 73.9 Å². The maximum absolute atomic E-state index is 11.6. The molecule has 4 aromatic carbocycles. The van der Waals surface area contributed by atoms with Crippen LogP contribution in [0.5, 0.6) is 0 Å². The number of benzene rings is 4. The summed E-state index contributed by atoms with van der Waals surface area (Å²) in [5.74, 6) is 13.9. The molecule has 4 aromatic rings. The van der Waals surface area contributed by atoms with Crippen LogP contribution in [-0.2, 0) is 15.0 Å². The molecular weight excluding hydrogens is 781 g/mol. The van der Waals surface area contributed by atoms with Gasteiger partial charge in [-0.2, -0.15) is 0 Å². The Kier molecular flexibility index (Phi) is 20.9. The second-order valence-corrected chi connectivity index (χ2v) is 19.7. The Hall–Kier alpha value is -3.96. The summed E-state index contributed by atoms with van der Waals surface area (Å²) in [5.41, 5.74) is 9.51. The fraction of sp³-hybridized carbons (Fsp3) is 0.474. The van der Waals surface area contributed by atoms with E-state index in [0.29, 0.717) is 0 Å². The molecule has 1 aliphatic carbocycles. The van der Waals surface area contributed by atoms with Gasteiger partial charge >= 0.3 is 0 Å². The van der Waals surface area contributed by atoms with Crippen molar-refractivity contribution in [3.8, 4) is 34.8 Å². The molecule has 0 fully saturated rings. The molecule has 0 saturated carbocycles. The summed E-state index contributed by atoms with van der Waals surface area (Å²) in [6.45, 7) is 7.79. The molecule has 0 atom stereocenters. The Balaban J connectivity index is 1.43. The summed E-state index contributed by atoms with van der Waals surface area (Å²) in [7, 11) is 0. The number of carbonyl (C=O) groups excluding carboxylic acids is 2. The van der Waals surface area contributed by atoms with Crippen molar-refractivity contribution in [3.05, 3.63) is 118 Å². The van der Waals surface area contributed by atoms with Crippen molar-refractivity contribution in [2.24, 2.45) is 0 Å². The molecule has 0 radical (unpaired) electrons. The lowest BCUT2D eigenvalue weighted by Crippen LogP contribution is -2.26. The third-order valence-corrected chi connectivity index (χ3v) is 13.8. The van der Waals surface area contributed by atoms with Gasteiger partial charge in [0.15, 0.2) is 10.2 Å². The van der Waals surface area contributed by atoms with Crippen molar-refractivity contribution in [2.75, 3.05) is 0 Å². The second-order valence-electron chi connectivity index (χ2n) is 17.2. The molecule has 0 heterocycles. The van der Waals surface area contributed by atoms with Gasteiger partial charge in [-0.1, -0.05) is 202 Å². The summed E-state index contributed by atoms with van der Waals surface area (Å²) in [5, 5.41) is 0.180. The molecular formula is C57H70O2S2. The zero-order valence-corrected chi connectivity index (χ0v) is 39.4. The molecule has 322 valence electrons. The van der Waals surface area contributed by atoms with E-state index >= 15 is 0 Å². The summed E-state index contributed by atoms with van der Waals surface area (Å²) in [6.07, 6.45) is 28.9. The van der Waals surface area contributed by atoms with E-state index in [4.69, 9.17) is 0 Å². The number of fused-ring (bicyclic) bond motifs is 3. The smallest absolute Gasteiger partial charge is 0.190 e. The Morgan fingerprint density at radius 2 is 0.705 bits per heavy atom. The standard InChI is InChI=1S/C57H70O2S2/c1-5-7-9-11-13-15-17-19-21-23-41-57(42-24-22-20-18-16-14-12-10-8-6-2)55-43-49(27-25-47-29-35-51(36-30-47)60-45(3)58)33-39-53(55)54-40-34-50(44-56(54)57)28-26-48-31-37-52(38-32-48)61-46(4)59/h29-40,43-44H,5-24,41-42H2,1-4H3. The normalized spacial score (nSPS) is 12.2. The highest BCUT2D eigenvalue weighted by molar-refractivity contribution is 8.13. The first kappa shape index (κ1) is 48.1. The first-order valence-corrected chi connectivity index (χ1v) is 25.3. The fourth-order valence-corrected chi connectivity index (χ4v) is 10.2. The van der Waals surface area contributed by atoms with Gasteiger partial charge in [-0.05, 0) is 108 Å². The van der Waals surface area contributed by atoms with E-state index in [-0.39, 0.29) is 15.6 Å². The van der Waals surface area contributed by atoms with Crippen molar-refractivity contribution >= 4 is 33.8 Å². The molecule has 61 heavy (non-hydrogen) atoms. The molecule has 0 saturated heterocycles. The number of thioether (sulfide) groups is 2. The largest absolute Gasteiger partial charge is 0.287 e. The number of unbranched alkanes of at least 4 members (excludes halogenated alkanes) is 18. The highest BCUT2D eigenvalue weighted by Crippen LogP contribution is 2.54. The summed E-state index contributed by atoms with van der Waals surface area (Å²) in [4.78, 5) is 25.2. The van der Waals surface area contributed by atoms with Gasteiger partial charge in [0, 0.05) is 51.3 Å². The topological polar surface area (TPSA) is 34.1 Å². The van der Waals surface area contributed by atoms with Gasteiger partial charge in [0.1, 0.15) is 0 Å². The van der Waals surface area contributed by atoms with E-state index in [1.54, 1.807) is 13.8 Å². The van der Waals surface area contributed by atoms with E-state index in [1.807, 2.05) is 48.5 Å². The van der Waals surface area contributed by atoms with Gasteiger partial charge in [-0.15, -0.1) is 0 Å². The zero-order chi connectivity index (χ0) is 43.1. The average Bonchev–Trinajstić information content (AvgIpc) is 3.52. The minimum Gasteiger partial charge on any atom is -0.287 e. The van der Waals surface area contributed by atoms with Crippen LogP contribution in [0.1, 0.15) is 202 Å². The molecule has 2 nitrogen and oxygen atoms in total. The number of hydrogen-bond acceptors (Lipinski definition) is 4. The van der Waals surface area contributed by atoms with Crippen LogP contribution in [0.4, 0.5) is 0 Å². The summed E-state index contributed by atoms with van der Waals surface area (Å²) < 4.78 is 0. The van der Waals surface area contributed by atoms with E-state index < -0.39 is 0 Å². The Labute approximate surface area is 378 Å². The van der Waals surface area contributed by atoms with Crippen molar-refractivity contribution in [3.63, 3.8) is 0 Å². The van der Waals surface area contributed by atoms with Crippen molar-refractivity contribution in [2.45, 2.75) is 184 Å². The van der Waals surface area contributed by atoms with Gasteiger partial charge in [-0.25, -0.2) is 0 Å². The average molecular weight is 851 g/mol. The van der Waals surface area contributed by atoms with E-state index in [9.17, 15) is 9.59 Å². The third kappa shape index (κ3) is 15.7. The van der Waals surface area contributed by atoms with Gasteiger partial charge in [-0.3, -0.25) is 9.59 Å². The lowest BCUT2D eigenvalue weighted by atomic mass is 9.70. The Morgan fingerprint density at radius 1 is 0.410 bits per heavy atom. The van der Waals surface area contributed by atoms with Crippen LogP contribution in [0.25, 0.3) is 11.1 Å². The molecule has 0 aliphatic heterocycles. The lowest BCUT2D eigenvalue weighted by Gasteiger charge is -2.33. The lowest BCUT2D eigenvalue weighted by molar-refractivity contribution is -0.109. The predicted octanol–water partition coefficient (Wildman–Crippen LogP) is 16.7. The van der Waals surface area contributed by atoms with Gasteiger partial charge in [0.2, 0.25) is 0 Å². The number of carbonyl (C=O) groups is 2. The molecule has 0 spiro atoms. The van der Waals surface area contributed by atoms with Crippen LogP contribution in [0, 0.1) is 23.7 Å². The molecule has 0 amide bonds. The molecule has 5 rings (SSSR count). The molecule has 0 N–H and O–H groups in total. The van der Waals surface area contributed by atoms with E-state index in [0.717, 1.165) is 44.9 Å². The fourth-order valence-electron chi connectivity index (χ4n) is 8.98. The first-order valence-electron chi connectivity index (χ1n) is 23.7. The van der Waals surface area contributed by atoms with Crippen LogP contribution in [-0.4, -0.2) is 10.2 Å². The number of hydrogen-bond donors (Lipinski definition) is 0. The predicted molar refractivity (Wildman–Crippen MR) is 263 cm³/mol. The van der Waals surface area contributed by atoms with Crippen LogP contribution < -0.4 is 0 Å².